The molecule has 0 saturated carbocycles. The van der Waals surface area contributed by atoms with E-state index in [1.165, 1.54) is 23.0 Å². The van der Waals surface area contributed by atoms with Crippen LogP contribution in [-0.2, 0) is 13.1 Å². The third-order valence-corrected chi connectivity index (χ3v) is 8.12. The van der Waals surface area contributed by atoms with Gasteiger partial charge in [-0.2, -0.15) is 0 Å². The second kappa shape index (κ2) is 8.91. The molecule has 42 heavy (non-hydrogen) atoms. The van der Waals surface area contributed by atoms with Crippen LogP contribution in [0.2, 0.25) is 10.0 Å². The van der Waals surface area contributed by atoms with Crippen molar-refractivity contribution in [2.45, 2.75) is 40.8 Å². The van der Waals surface area contributed by atoms with Crippen molar-refractivity contribution < 1.29 is 19.1 Å². The van der Waals surface area contributed by atoms with Crippen LogP contribution >= 0.6 is 23.2 Å². The average Bonchev–Trinajstić information content (AvgIpc) is 3.39. The van der Waals surface area contributed by atoms with Gasteiger partial charge in [-0.1, -0.05) is 23.2 Å². The maximum Gasteiger partial charge on any atom is 0.335 e. The largest absolute Gasteiger partial charge is 0.451 e. The normalized spacial score (nSPS) is 12.9. The summed E-state index contributed by atoms with van der Waals surface area (Å²) >= 11 is 13.6. The Hall–Kier alpha value is -4.68. The van der Waals surface area contributed by atoms with Crippen LogP contribution in [0.15, 0.2) is 43.8 Å². The quantitative estimate of drug-likeness (QED) is 0.280. The van der Waals surface area contributed by atoms with E-state index in [0.29, 0.717) is 58.0 Å². The molecule has 14 heteroatoms. The number of nitrogens with zero attached hydrogens (tertiary/aromatic N) is 6. The van der Waals surface area contributed by atoms with Crippen molar-refractivity contribution in [3.63, 3.8) is 0 Å². The van der Waals surface area contributed by atoms with Crippen molar-refractivity contribution in [2.24, 2.45) is 9.98 Å². The number of carbonyl (C=O) groups excluding carboxylic acids is 2. The zero-order valence-electron chi connectivity index (χ0n) is 22.6. The molecule has 0 saturated heterocycles. The monoisotopic (exact) mass is 606 g/mol. The number of benzene rings is 3. The number of halogens is 2. The average molecular weight is 607 g/mol. The van der Waals surface area contributed by atoms with E-state index in [4.69, 9.17) is 32.7 Å². The second-order valence-corrected chi connectivity index (χ2v) is 10.5. The van der Waals surface area contributed by atoms with Crippen LogP contribution < -0.4 is 31.6 Å². The van der Waals surface area contributed by atoms with Gasteiger partial charge in [0.05, 0.1) is 22.1 Å². The molecule has 7 rings (SSSR count). The first-order chi connectivity index (χ1) is 20.0. The number of carbonyl (C=O) groups is 2. The molecule has 4 heterocycles. The number of imidazole rings is 2. The summed E-state index contributed by atoms with van der Waals surface area (Å²) in [6.45, 7) is 6.90. The van der Waals surface area contributed by atoms with E-state index in [-0.39, 0.29) is 32.3 Å². The summed E-state index contributed by atoms with van der Waals surface area (Å²) in [5.41, 5.74) is 1.51. The predicted molar refractivity (Wildman–Crippen MR) is 155 cm³/mol. The highest BCUT2D eigenvalue weighted by molar-refractivity contribution is 6.35. The molecule has 0 spiro atoms. The van der Waals surface area contributed by atoms with Crippen molar-refractivity contribution in [2.75, 3.05) is 0 Å². The fraction of sp³-hybridized carbons (Fsp3) is 0.214. The second-order valence-electron chi connectivity index (χ2n) is 9.79. The fourth-order valence-electron chi connectivity index (χ4n) is 5.56. The number of hydrogen-bond acceptors (Lipinski definition) is 8. The van der Waals surface area contributed by atoms with E-state index in [1.54, 1.807) is 38.1 Å². The van der Waals surface area contributed by atoms with E-state index < -0.39 is 23.2 Å². The van der Waals surface area contributed by atoms with Crippen molar-refractivity contribution in [1.82, 2.24) is 18.3 Å². The summed E-state index contributed by atoms with van der Waals surface area (Å²) < 4.78 is 17.5. The summed E-state index contributed by atoms with van der Waals surface area (Å²) in [4.78, 5) is 59.7. The highest BCUT2D eigenvalue weighted by atomic mass is 35.5. The summed E-state index contributed by atoms with van der Waals surface area (Å²) in [6, 6.07) is 6.44. The molecule has 3 aromatic carbocycles. The fourth-order valence-corrected chi connectivity index (χ4v) is 6.08. The Balaban J connectivity index is 1.48. The first kappa shape index (κ1) is 26.2. The van der Waals surface area contributed by atoms with Crippen LogP contribution in [0.25, 0.3) is 22.1 Å². The molecule has 0 aliphatic carbocycles. The number of ether oxygens (including phenoxy) is 2. The van der Waals surface area contributed by atoms with Gasteiger partial charge in [0.1, 0.15) is 32.1 Å². The van der Waals surface area contributed by atoms with Crippen molar-refractivity contribution in [3.05, 3.63) is 66.0 Å². The molecule has 0 N–H and O–H groups in total. The molecule has 0 fully saturated rings. The van der Waals surface area contributed by atoms with Crippen molar-refractivity contribution >= 4 is 68.5 Å². The SMILES string of the molecule is CCn1c(=O)n(C(C)=O)c2cc3c(cc21)Oc1c(Cl)c2c(c(Cl)c1=N3)Oc1cc3c(cc1N=2)n(C(C)=O)c(=O)n3CC. The lowest BCUT2D eigenvalue weighted by atomic mass is 10.2. The zero-order chi connectivity index (χ0) is 29.8. The highest BCUT2D eigenvalue weighted by Gasteiger charge is 2.29. The molecule has 2 aliphatic heterocycles. The lowest BCUT2D eigenvalue weighted by Crippen LogP contribution is -2.27. The van der Waals surface area contributed by atoms with E-state index in [2.05, 4.69) is 9.98 Å². The van der Waals surface area contributed by atoms with Crippen molar-refractivity contribution in [3.8, 4) is 23.0 Å². The molecule has 0 radical (unpaired) electrons. The Kier molecular flexibility index (Phi) is 5.56. The van der Waals surface area contributed by atoms with E-state index in [0.717, 1.165) is 9.13 Å². The number of aryl methyl sites for hydroxylation is 2. The van der Waals surface area contributed by atoms with Gasteiger partial charge in [-0.05, 0) is 26.0 Å². The first-order valence-corrected chi connectivity index (χ1v) is 13.8. The molecule has 2 aliphatic rings. The van der Waals surface area contributed by atoms with Gasteiger partial charge in [-0.3, -0.25) is 18.7 Å². The lowest BCUT2D eigenvalue weighted by Gasteiger charge is -2.21. The molecule has 5 aromatic rings. The maximum atomic E-state index is 12.9. The van der Waals surface area contributed by atoms with Crippen LogP contribution in [0.1, 0.15) is 37.3 Å². The van der Waals surface area contributed by atoms with Crippen LogP contribution in [-0.4, -0.2) is 30.1 Å². The van der Waals surface area contributed by atoms with Gasteiger partial charge in [-0.25, -0.2) is 28.7 Å². The van der Waals surface area contributed by atoms with Gasteiger partial charge in [0.2, 0.25) is 11.8 Å². The lowest BCUT2D eigenvalue weighted by molar-refractivity contribution is 0.0927. The van der Waals surface area contributed by atoms with Gasteiger partial charge >= 0.3 is 11.4 Å². The minimum Gasteiger partial charge on any atom is -0.451 e. The first-order valence-electron chi connectivity index (χ1n) is 13.0. The van der Waals surface area contributed by atoms with Crippen LogP contribution in [0.4, 0.5) is 11.4 Å². The minimum absolute atomic E-state index is 0.0777. The molecule has 212 valence electrons. The molecule has 0 amide bonds. The van der Waals surface area contributed by atoms with E-state index in [1.807, 2.05) is 0 Å². The van der Waals surface area contributed by atoms with Gasteiger partial charge in [0.25, 0.3) is 0 Å². The number of fused-ring (bicyclic) bond motifs is 6. The summed E-state index contributed by atoms with van der Waals surface area (Å²) in [7, 11) is 0. The molecule has 0 atom stereocenters. The zero-order valence-corrected chi connectivity index (χ0v) is 24.1. The predicted octanol–water partition coefficient (Wildman–Crippen LogP) is 4.70. The summed E-state index contributed by atoms with van der Waals surface area (Å²) in [5, 5.41) is 0.529. The van der Waals surface area contributed by atoms with Crippen LogP contribution in [0.5, 0.6) is 23.0 Å². The van der Waals surface area contributed by atoms with Gasteiger partial charge in [0.15, 0.2) is 23.0 Å². The molecular formula is C28H20Cl2N6O6. The molecule has 2 aromatic heterocycles. The van der Waals surface area contributed by atoms with Gasteiger partial charge in [-0.15, -0.1) is 0 Å². The highest BCUT2D eigenvalue weighted by Crippen LogP contribution is 2.44. The summed E-state index contributed by atoms with van der Waals surface area (Å²) in [5.74, 6) is 0.0254. The Labute approximate surface area is 245 Å². The summed E-state index contributed by atoms with van der Waals surface area (Å²) in [6.07, 6.45) is 0. The van der Waals surface area contributed by atoms with Crippen molar-refractivity contribution in [1.29, 1.82) is 0 Å². The standard InChI is InChI=1S/C28H20Cl2N6O6/c1-5-33-15-9-19-13(7-17(15)35(11(3)37)27(33)39)31-23-22(30)26-24(21(29)25(23)41-19)32-14-8-18-16(10-20(14)42-26)34(6-2)28(40)36(18)12(4)38/h7-10H,5-6H2,1-4H3. The molecular weight excluding hydrogens is 587 g/mol. The number of aromatic nitrogens is 4. The minimum atomic E-state index is -0.463. The Bertz CT molecular complexity index is 2200. The van der Waals surface area contributed by atoms with Gasteiger partial charge in [0, 0.05) is 39.1 Å². The number of hydrogen-bond donors (Lipinski definition) is 0. The maximum absolute atomic E-state index is 12.9. The Morgan fingerprint density at radius 3 is 1.40 bits per heavy atom. The third-order valence-electron chi connectivity index (χ3n) is 7.42. The van der Waals surface area contributed by atoms with Gasteiger partial charge < -0.3 is 9.47 Å². The molecule has 0 unspecified atom stereocenters. The third kappa shape index (κ3) is 3.36. The van der Waals surface area contributed by atoms with Crippen LogP contribution in [0, 0.1) is 0 Å². The molecule has 12 nitrogen and oxygen atoms in total. The number of rotatable bonds is 2. The molecule has 0 bridgehead atoms. The Morgan fingerprint density at radius 1 is 0.690 bits per heavy atom. The smallest absolute Gasteiger partial charge is 0.335 e. The van der Waals surface area contributed by atoms with E-state index in [9.17, 15) is 19.2 Å². The topological polar surface area (TPSA) is 131 Å². The van der Waals surface area contributed by atoms with E-state index >= 15 is 0 Å². The Morgan fingerprint density at radius 2 is 1.07 bits per heavy atom. The van der Waals surface area contributed by atoms with Crippen LogP contribution in [0.3, 0.4) is 0 Å².